The quantitative estimate of drug-likeness (QED) is 0.502. The summed E-state index contributed by atoms with van der Waals surface area (Å²) in [5.74, 6) is 1.03. The first kappa shape index (κ1) is 8.08. The number of nitrogen functional groups attached to an aromatic ring is 1. The van der Waals surface area contributed by atoms with Crippen LogP contribution in [-0.4, -0.2) is 9.97 Å². The van der Waals surface area contributed by atoms with Crippen LogP contribution in [0.4, 0.5) is 5.82 Å². The number of hydrogen-bond acceptors (Lipinski definition) is 3. The van der Waals surface area contributed by atoms with Crippen LogP contribution in [0, 0.1) is 11.3 Å². The number of nitrogens with one attached hydrogen (secondary N) is 1. The lowest BCUT2D eigenvalue weighted by atomic mass is 10.3. The van der Waals surface area contributed by atoms with Crippen molar-refractivity contribution >= 4 is 11.9 Å². The van der Waals surface area contributed by atoms with Gasteiger partial charge in [-0.3, -0.25) is 0 Å². The Balaban J connectivity index is 2.95. The van der Waals surface area contributed by atoms with Crippen molar-refractivity contribution in [1.29, 1.82) is 5.26 Å². The standard InChI is InChI=1S/C8H8N4/c1-2-6(4-9)3-8-11-5-7(10)12-8/h2-3,5H,1,10H2,(H,11,12)/b6-3+. The number of imidazole rings is 1. The summed E-state index contributed by atoms with van der Waals surface area (Å²) in [5.41, 5.74) is 5.83. The molecule has 0 aliphatic carbocycles. The molecule has 0 atom stereocenters. The molecule has 1 aromatic heterocycles. The van der Waals surface area contributed by atoms with Crippen LogP contribution < -0.4 is 5.73 Å². The van der Waals surface area contributed by atoms with Crippen LogP contribution in [0.25, 0.3) is 6.08 Å². The zero-order valence-electron chi connectivity index (χ0n) is 6.41. The minimum Gasteiger partial charge on any atom is -0.384 e. The summed E-state index contributed by atoms with van der Waals surface area (Å²) in [7, 11) is 0. The van der Waals surface area contributed by atoms with Gasteiger partial charge in [0.2, 0.25) is 0 Å². The summed E-state index contributed by atoms with van der Waals surface area (Å²) < 4.78 is 0. The van der Waals surface area contributed by atoms with Crippen LogP contribution in [0.5, 0.6) is 0 Å². The molecule has 3 N–H and O–H groups in total. The summed E-state index contributed by atoms with van der Waals surface area (Å²) in [6.07, 6.45) is 4.52. The highest BCUT2D eigenvalue weighted by Crippen LogP contribution is 2.04. The SMILES string of the molecule is C=C/C(C#N)=C\c1ncc(N)[nH]1. The molecule has 0 spiro atoms. The fourth-order valence-corrected chi connectivity index (χ4v) is 0.709. The molecule has 60 valence electrons. The third-order valence-corrected chi connectivity index (χ3v) is 1.26. The molecule has 1 heterocycles. The Morgan fingerprint density at radius 1 is 1.83 bits per heavy atom. The number of aromatic amines is 1. The van der Waals surface area contributed by atoms with Crippen molar-refractivity contribution in [2.75, 3.05) is 5.73 Å². The van der Waals surface area contributed by atoms with Crippen molar-refractivity contribution < 1.29 is 0 Å². The first-order chi connectivity index (χ1) is 5.76. The summed E-state index contributed by atoms with van der Waals surface area (Å²) in [4.78, 5) is 6.66. The van der Waals surface area contributed by atoms with Crippen LogP contribution in [0.15, 0.2) is 24.4 Å². The van der Waals surface area contributed by atoms with Crippen LogP contribution in [0.3, 0.4) is 0 Å². The van der Waals surface area contributed by atoms with E-state index in [4.69, 9.17) is 11.0 Å². The van der Waals surface area contributed by atoms with Gasteiger partial charge in [0.25, 0.3) is 0 Å². The summed E-state index contributed by atoms with van der Waals surface area (Å²) in [6, 6.07) is 1.95. The Bertz CT molecular complexity index is 353. The molecular weight excluding hydrogens is 152 g/mol. The van der Waals surface area contributed by atoms with Crippen molar-refractivity contribution in [3.8, 4) is 6.07 Å². The Hall–Kier alpha value is -2.02. The fourth-order valence-electron chi connectivity index (χ4n) is 0.709. The van der Waals surface area contributed by atoms with Crippen LogP contribution >= 0.6 is 0 Å². The predicted molar refractivity (Wildman–Crippen MR) is 46.8 cm³/mol. The van der Waals surface area contributed by atoms with Crippen LogP contribution in [0.2, 0.25) is 0 Å². The maximum Gasteiger partial charge on any atom is 0.132 e. The van der Waals surface area contributed by atoms with E-state index in [-0.39, 0.29) is 0 Å². The second kappa shape index (κ2) is 3.39. The summed E-state index contributed by atoms with van der Waals surface area (Å²) in [5, 5.41) is 8.53. The number of aromatic nitrogens is 2. The molecule has 0 amide bonds. The number of nitriles is 1. The Morgan fingerprint density at radius 2 is 2.58 bits per heavy atom. The van der Waals surface area contributed by atoms with Crippen LogP contribution in [-0.2, 0) is 0 Å². The maximum atomic E-state index is 8.53. The number of nitrogens with zero attached hydrogens (tertiary/aromatic N) is 2. The molecule has 0 aromatic carbocycles. The van der Waals surface area contributed by atoms with Gasteiger partial charge in [0.15, 0.2) is 0 Å². The number of hydrogen-bond donors (Lipinski definition) is 2. The van der Waals surface area contributed by atoms with E-state index >= 15 is 0 Å². The van der Waals surface area contributed by atoms with Crippen molar-refractivity contribution in [1.82, 2.24) is 9.97 Å². The first-order valence-electron chi connectivity index (χ1n) is 3.31. The van der Waals surface area contributed by atoms with Gasteiger partial charge in [0.05, 0.1) is 17.8 Å². The topological polar surface area (TPSA) is 78.5 Å². The Kier molecular flexibility index (Phi) is 2.29. The molecule has 0 radical (unpaired) electrons. The van der Waals surface area contributed by atoms with Gasteiger partial charge < -0.3 is 10.7 Å². The van der Waals surface area contributed by atoms with E-state index in [1.54, 1.807) is 6.08 Å². The normalized spacial score (nSPS) is 10.8. The van der Waals surface area contributed by atoms with E-state index < -0.39 is 0 Å². The lowest BCUT2D eigenvalue weighted by molar-refractivity contribution is 1.26. The number of rotatable bonds is 2. The monoisotopic (exact) mass is 160 g/mol. The number of nitrogens with two attached hydrogens (primary N) is 1. The third kappa shape index (κ3) is 1.73. The van der Waals surface area contributed by atoms with Crippen molar-refractivity contribution in [3.63, 3.8) is 0 Å². The lowest BCUT2D eigenvalue weighted by Gasteiger charge is -1.85. The first-order valence-corrected chi connectivity index (χ1v) is 3.31. The minimum atomic E-state index is 0.448. The number of H-pyrrole nitrogens is 1. The van der Waals surface area contributed by atoms with Gasteiger partial charge in [-0.25, -0.2) is 4.98 Å². The molecular formula is C8H8N4. The molecule has 0 aliphatic heterocycles. The van der Waals surface area contributed by atoms with Crippen molar-refractivity contribution in [2.45, 2.75) is 0 Å². The third-order valence-electron chi connectivity index (χ3n) is 1.26. The second-order valence-electron chi connectivity index (χ2n) is 2.14. The molecule has 1 rings (SSSR count). The zero-order chi connectivity index (χ0) is 8.97. The minimum absolute atomic E-state index is 0.448. The molecule has 0 aliphatic rings. The van der Waals surface area contributed by atoms with Gasteiger partial charge in [-0.1, -0.05) is 12.7 Å². The highest BCUT2D eigenvalue weighted by atomic mass is 15.0. The average Bonchev–Trinajstić information content (AvgIpc) is 2.47. The van der Waals surface area contributed by atoms with Gasteiger partial charge in [0, 0.05) is 0 Å². The molecule has 0 fully saturated rings. The van der Waals surface area contributed by atoms with Gasteiger partial charge in [-0.05, 0) is 6.08 Å². The summed E-state index contributed by atoms with van der Waals surface area (Å²) in [6.45, 7) is 3.47. The number of allylic oxidation sites excluding steroid dienone is 2. The van der Waals surface area contributed by atoms with Gasteiger partial charge in [-0.15, -0.1) is 0 Å². The van der Waals surface area contributed by atoms with E-state index in [0.717, 1.165) is 0 Å². The molecule has 1 aromatic rings. The highest BCUT2D eigenvalue weighted by molar-refractivity contribution is 5.56. The van der Waals surface area contributed by atoms with E-state index in [0.29, 0.717) is 17.2 Å². The van der Waals surface area contributed by atoms with E-state index in [1.165, 1.54) is 12.3 Å². The molecule has 0 bridgehead atoms. The molecule has 0 saturated carbocycles. The Labute approximate surface area is 70.0 Å². The molecule has 4 nitrogen and oxygen atoms in total. The second-order valence-corrected chi connectivity index (χ2v) is 2.14. The molecule has 0 saturated heterocycles. The maximum absolute atomic E-state index is 8.53. The van der Waals surface area contributed by atoms with Crippen molar-refractivity contribution in [3.05, 3.63) is 30.2 Å². The smallest absolute Gasteiger partial charge is 0.132 e. The van der Waals surface area contributed by atoms with E-state index in [9.17, 15) is 0 Å². The number of anilines is 1. The van der Waals surface area contributed by atoms with E-state index in [1.807, 2.05) is 6.07 Å². The molecule has 0 unspecified atom stereocenters. The van der Waals surface area contributed by atoms with Gasteiger partial charge in [0.1, 0.15) is 11.6 Å². The highest BCUT2D eigenvalue weighted by Gasteiger charge is 1.94. The molecule has 4 heteroatoms. The average molecular weight is 160 g/mol. The Morgan fingerprint density at radius 3 is 3.00 bits per heavy atom. The van der Waals surface area contributed by atoms with E-state index in [2.05, 4.69) is 16.5 Å². The zero-order valence-corrected chi connectivity index (χ0v) is 6.41. The largest absolute Gasteiger partial charge is 0.384 e. The predicted octanol–water partition coefficient (Wildman–Crippen LogP) is 1.08. The van der Waals surface area contributed by atoms with Crippen molar-refractivity contribution in [2.24, 2.45) is 0 Å². The summed E-state index contributed by atoms with van der Waals surface area (Å²) >= 11 is 0. The molecule has 12 heavy (non-hydrogen) atoms. The fraction of sp³-hybridized carbons (Fsp3) is 0. The van der Waals surface area contributed by atoms with Gasteiger partial charge >= 0.3 is 0 Å². The lowest BCUT2D eigenvalue weighted by Crippen LogP contribution is -1.83. The van der Waals surface area contributed by atoms with Crippen LogP contribution in [0.1, 0.15) is 5.82 Å². The van der Waals surface area contributed by atoms with Gasteiger partial charge in [-0.2, -0.15) is 5.26 Å².